The lowest BCUT2D eigenvalue weighted by molar-refractivity contribution is -0.135. The molecule has 0 unspecified atom stereocenters. The van der Waals surface area contributed by atoms with Crippen LogP contribution in [0.2, 0.25) is 0 Å². The van der Waals surface area contributed by atoms with E-state index in [4.69, 9.17) is 17.2 Å². The number of guanidine groups is 1. The Kier molecular flexibility index (Phi) is 19.8. The summed E-state index contributed by atoms with van der Waals surface area (Å²) < 4.78 is 0. The number of unbranched alkanes of at least 4 members (excludes halogenated alkanes) is 1. The van der Waals surface area contributed by atoms with Crippen LogP contribution in [-0.4, -0.2) is 112 Å². The van der Waals surface area contributed by atoms with Crippen molar-refractivity contribution in [1.82, 2.24) is 46.9 Å². The Labute approximate surface area is 365 Å². The van der Waals surface area contributed by atoms with Gasteiger partial charge in [-0.2, -0.15) is 0 Å². The van der Waals surface area contributed by atoms with Crippen molar-refractivity contribution in [2.75, 3.05) is 19.6 Å². The fourth-order valence-corrected chi connectivity index (χ4v) is 6.83. The largest absolute Gasteiger partial charge is 0.370 e. The molecule has 2 heterocycles. The quantitative estimate of drug-likeness (QED) is 0.0153. The minimum atomic E-state index is -1.33. The number of aliphatic imine (C=N–C) groups is 1. The molecular weight excluding hydrogens is 811 g/mol. The lowest BCUT2D eigenvalue weighted by atomic mass is 10.0. The van der Waals surface area contributed by atoms with Crippen LogP contribution in [0.1, 0.15) is 62.3 Å². The molecule has 2 aromatic carbocycles. The van der Waals surface area contributed by atoms with Crippen LogP contribution in [0.5, 0.6) is 0 Å². The zero-order chi connectivity index (χ0) is 45.6. The molecule has 0 radical (unpaired) electrons. The lowest BCUT2D eigenvalue weighted by Gasteiger charge is -2.27. The fourth-order valence-electron chi connectivity index (χ4n) is 6.83. The maximum atomic E-state index is 14.3. The number of carbonyl (C=O) groups is 7. The number of amides is 6. The molecular formula is C43H59N13O7. The Balaban J connectivity index is 1.57. The number of H-pyrrole nitrogens is 2. The predicted octanol–water partition coefficient (Wildman–Crippen LogP) is -0.749. The van der Waals surface area contributed by atoms with Crippen molar-refractivity contribution in [2.24, 2.45) is 22.2 Å². The molecule has 0 saturated carbocycles. The Morgan fingerprint density at radius 2 is 1.33 bits per heavy atom. The van der Waals surface area contributed by atoms with Crippen LogP contribution >= 0.6 is 0 Å². The third-order valence-electron chi connectivity index (χ3n) is 10.0. The molecule has 20 heteroatoms. The van der Waals surface area contributed by atoms with Gasteiger partial charge in [0, 0.05) is 74.7 Å². The number of benzene rings is 2. The minimum absolute atomic E-state index is 0.0148. The molecule has 4 rings (SSSR count). The predicted molar refractivity (Wildman–Crippen MR) is 236 cm³/mol. The number of hydrogen-bond acceptors (Lipinski definition) is 10. The van der Waals surface area contributed by atoms with E-state index in [2.05, 4.69) is 51.8 Å². The number of carbonyl (C=O) groups excluding carboxylic acids is 7. The lowest BCUT2D eigenvalue weighted by Crippen LogP contribution is -2.60. The van der Waals surface area contributed by atoms with Gasteiger partial charge in [-0.15, -0.1) is 0 Å². The second-order valence-corrected chi connectivity index (χ2v) is 15.0. The number of aldehydes is 1. The maximum absolute atomic E-state index is 14.3. The van der Waals surface area contributed by atoms with Crippen LogP contribution in [0.4, 0.5) is 0 Å². The first-order valence-electron chi connectivity index (χ1n) is 20.9. The van der Waals surface area contributed by atoms with Gasteiger partial charge in [0.25, 0.3) is 0 Å². The summed E-state index contributed by atoms with van der Waals surface area (Å²) in [5.41, 5.74) is 19.3. The van der Waals surface area contributed by atoms with Crippen molar-refractivity contribution in [1.29, 1.82) is 0 Å². The maximum Gasteiger partial charge on any atom is 0.243 e. The van der Waals surface area contributed by atoms with Gasteiger partial charge in [0.2, 0.25) is 35.4 Å². The third-order valence-corrected chi connectivity index (χ3v) is 10.0. The van der Waals surface area contributed by atoms with Crippen LogP contribution in [0.25, 0.3) is 10.9 Å². The summed E-state index contributed by atoms with van der Waals surface area (Å²) in [5, 5.41) is 17.3. The van der Waals surface area contributed by atoms with Crippen molar-refractivity contribution in [3.63, 3.8) is 0 Å². The topological polar surface area (TPSA) is 327 Å². The van der Waals surface area contributed by atoms with Gasteiger partial charge in [-0.05, 0) is 55.8 Å². The van der Waals surface area contributed by atoms with E-state index in [1.807, 2.05) is 24.3 Å². The number of para-hydroxylation sites is 1. The summed E-state index contributed by atoms with van der Waals surface area (Å²) in [7, 11) is 0. The highest BCUT2D eigenvalue weighted by Gasteiger charge is 2.33. The average molecular weight is 870 g/mol. The van der Waals surface area contributed by atoms with Gasteiger partial charge in [0.1, 0.15) is 36.5 Å². The first kappa shape index (κ1) is 48.6. The molecule has 0 aliphatic heterocycles. The molecule has 4 aromatic rings. The number of aromatic amines is 2. The summed E-state index contributed by atoms with van der Waals surface area (Å²) in [4.78, 5) is 108. The molecule has 20 nitrogen and oxygen atoms in total. The number of imidazole rings is 1. The zero-order valence-corrected chi connectivity index (χ0v) is 35.4. The molecule has 5 atom stereocenters. The summed E-state index contributed by atoms with van der Waals surface area (Å²) in [6.07, 6.45) is 6.79. The van der Waals surface area contributed by atoms with Gasteiger partial charge >= 0.3 is 0 Å². The normalized spacial score (nSPS) is 13.3. The highest BCUT2D eigenvalue weighted by Crippen LogP contribution is 2.19. The van der Waals surface area contributed by atoms with Gasteiger partial charge in [0.05, 0.1) is 6.33 Å². The molecule has 0 aliphatic rings. The van der Waals surface area contributed by atoms with Crippen LogP contribution < -0.4 is 49.1 Å². The van der Waals surface area contributed by atoms with E-state index in [1.54, 1.807) is 36.5 Å². The van der Waals surface area contributed by atoms with Crippen molar-refractivity contribution in [2.45, 2.75) is 94.9 Å². The number of fused-ring (bicyclic) bond motifs is 1. The SMILES string of the molecule is CC(=O)N[C@@H](Cc1c[nH]c2ccccc12)C(=O)N[C@@H](CCC=O)C(=O)N[C@@H](Cc1cnc[nH]1)C(=O)N[C@H](Cc1ccccc1)C(=O)N[C@@H](CCCN=C(N)N)C(=O)NCCCCN. The molecule has 0 fully saturated rings. The van der Waals surface area contributed by atoms with Crippen LogP contribution in [-0.2, 0) is 52.8 Å². The molecule has 0 saturated heterocycles. The molecule has 0 spiro atoms. The molecule has 6 amide bonds. The summed E-state index contributed by atoms with van der Waals surface area (Å²) >= 11 is 0. The van der Waals surface area contributed by atoms with Gasteiger partial charge in [-0.1, -0.05) is 48.5 Å². The van der Waals surface area contributed by atoms with E-state index in [9.17, 15) is 33.6 Å². The van der Waals surface area contributed by atoms with Crippen molar-refractivity contribution >= 4 is 58.6 Å². The van der Waals surface area contributed by atoms with E-state index in [1.165, 1.54) is 19.4 Å². The second-order valence-electron chi connectivity index (χ2n) is 15.0. The van der Waals surface area contributed by atoms with E-state index in [0.29, 0.717) is 49.9 Å². The van der Waals surface area contributed by atoms with Gasteiger partial charge in [0.15, 0.2) is 5.96 Å². The molecule has 63 heavy (non-hydrogen) atoms. The van der Waals surface area contributed by atoms with E-state index >= 15 is 0 Å². The number of aromatic nitrogens is 3. The van der Waals surface area contributed by atoms with Crippen molar-refractivity contribution < 1.29 is 33.6 Å². The Morgan fingerprint density at radius 1 is 0.714 bits per heavy atom. The number of rotatable bonds is 27. The second kappa shape index (κ2) is 25.6. The molecule has 0 aliphatic carbocycles. The highest BCUT2D eigenvalue weighted by molar-refractivity contribution is 5.97. The zero-order valence-electron chi connectivity index (χ0n) is 35.4. The summed E-state index contributed by atoms with van der Waals surface area (Å²) in [6.45, 7) is 2.27. The van der Waals surface area contributed by atoms with Crippen LogP contribution in [0.15, 0.2) is 78.3 Å². The first-order chi connectivity index (χ1) is 30.4. The van der Waals surface area contributed by atoms with Gasteiger partial charge in [-0.25, -0.2) is 4.98 Å². The minimum Gasteiger partial charge on any atom is -0.370 e. The smallest absolute Gasteiger partial charge is 0.243 e. The summed E-state index contributed by atoms with van der Waals surface area (Å²) in [6, 6.07) is 10.4. The summed E-state index contributed by atoms with van der Waals surface area (Å²) in [5.74, 6) is -3.95. The Bertz CT molecular complexity index is 2140. The number of nitrogens with zero attached hydrogens (tertiary/aromatic N) is 2. The van der Waals surface area contributed by atoms with E-state index in [-0.39, 0.29) is 51.0 Å². The van der Waals surface area contributed by atoms with Crippen LogP contribution in [0.3, 0.4) is 0 Å². The van der Waals surface area contributed by atoms with E-state index < -0.39 is 65.7 Å². The molecule has 2 aromatic heterocycles. The van der Waals surface area contributed by atoms with Gasteiger partial charge in [-0.3, -0.25) is 33.8 Å². The Hall–Kier alpha value is -7.09. The van der Waals surface area contributed by atoms with Gasteiger partial charge < -0.3 is 63.9 Å². The molecule has 0 bridgehead atoms. The highest BCUT2D eigenvalue weighted by atomic mass is 16.2. The number of nitrogens with two attached hydrogens (primary N) is 3. The Morgan fingerprint density at radius 3 is 1.97 bits per heavy atom. The average Bonchev–Trinajstić information content (AvgIpc) is 3.94. The monoisotopic (exact) mass is 869 g/mol. The van der Waals surface area contributed by atoms with Crippen LogP contribution in [0, 0.1) is 0 Å². The standard InChI is InChI=1S/C43H59N13O7/c1-27(58)52-36(22-29-24-50-32-14-6-5-13-31(29)32)41(62)54-34(16-10-20-57)39(60)56-37(23-30-25-47-26-51-30)42(63)55-35(21-28-11-3-2-4-12-28)40(61)53-33(15-9-19-49-43(45)46)38(59)48-18-8-7-17-44/h2-6,11-14,20,24-26,33-37,50H,7-10,15-19,21-23,44H2,1H3,(H,47,51)(H,48,59)(H,52,58)(H,53,61)(H,54,62)(H,55,63)(H,56,60)(H4,45,46,49)/t33-,34-,35+,36-,37-/m0/s1. The first-order valence-corrected chi connectivity index (χ1v) is 20.9. The van der Waals surface area contributed by atoms with Crippen molar-refractivity contribution in [3.05, 3.63) is 90.1 Å². The van der Waals surface area contributed by atoms with Crippen molar-refractivity contribution in [3.8, 4) is 0 Å². The number of hydrogen-bond donors (Lipinski definition) is 11. The fraction of sp³-hybridized carbons (Fsp3) is 0.419. The third kappa shape index (κ3) is 16.4. The number of nitrogens with one attached hydrogen (secondary N) is 8. The molecule has 338 valence electrons. The van der Waals surface area contributed by atoms with E-state index in [0.717, 1.165) is 16.5 Å². The molecule has 14 N–H and O–H groups in total.